The number of carbonyl (C=O) groups is 1. The highest BCUT2D eigenvalue weighted by Gasteiger charge is 2.20. The number of hydrogen-bond acceptors (Lipinski definition) is 4. The van der Waals surface area contributed by atoms with Crippen LogP contribution in [0, 0.1) is 13.8 Å². The highest BCUT2D eigenvalue weighted by molar-refractivity contribution is 6.30. The number of carbonyl (C=O) groups excluding carboxylic acids is 1. The predicted molar refractivity (Wildman–Crippen MR) is 102 cm³/mol. The summed E-state index contributed by atoms with van der Waals surface area (Å²) < 4.78 is 0. The molecule has 2 heterocycles. The van der Waals surface area contributed by atoms with Gasteiger partial charge in [0.25, 0.3) is 0 Å². The molecular weight excluding hydrogens is 336 g/mol. The first-order valence-electron chi connectivity index (χ1n) is 8.48. The first-order chi connectivity index (χ1) is 12.0. The molecule has 132 valence electrons. The molecule has 0 atom stereocenters. The zero-order chi connectivity index (χ0) is 17.8. The maximum atomic E-state index is 12.2. The lowest BCUT2D eigenvalue weighted by Crippen LogP contribution is -2.48. The summed E-state index contributed by atoms with van der Waals surface area (Å²) in [5.41, 5.74) is 3.95. The van der Waals surface area contributed by atoms with Crippen LogP contribution in [0.15, 0.2) is 36.5 Å². The molecule has 1 aliphatic rings. The molecule has 1 N–H and O–H groups in total. The van der Waals surface area contributed by atoms with Crippen LogP contribution in [0.2, 0.25) is 5.02 Å². The van der Waals surface area contributed by atoms with E-state index in [0.717, 1.165) is 26.2 Å². The third-order valence-electron chi connectivity index (χ3n) is 4.65. The average Bonchev–Trinajstić information content (AvgIpc) is 2.60. The van der Waals surface area contributed by atoms with E-state index >= 15 is 0 Å². The fourth-order valence-corrected chi connectivity index (χ4v) is 3.17. The molecule has 1 saturated heterocycles. The lowest BCUT2D eigenvalue weighted by Gasteiger charge is -2.36. The Bertz CT molecular complexity index is 740. The summed E-state index contributed by atoms with van der Waals surface area (Å²) in [4.78, 5) is 20.8. The number of aromatic nitrogens is 1. The summed E-state index contributed by atoms with van der Waals surface area (Å²) in [6, 6.07) is 9.85. The molecule has 1 aliphatic heterocycles. The molecule has 0 aliphatic carbocycles. The quantitative estimate of drug-likeness (QED) is 0.912. The van der Waals surface area contributed by atoms with Crippen molar-refractivity contribution >= 4 is 29.0 Å². The van der Waals surface area contributed by atoms with Crippen molar-refractivity contribution < 1.29 is 4.79 Å². The minimum Gasteiger partial charge on any atom is -0.369 e. The maximum Gasteiger partial charge on any atom is 0.239 e. The van der Waals surface area contributed by atoms with Gasteiger partial charge in [-0.15, -0.1) is 0 Å². The van der Waals surface area contributed by atoms with Crippen LogP contribution < -0.4 is 10.2 Å². The summed E-state index contributed by atoms with van der Waals surface area (Å²) in [6.07, 6.45) is 1.53. The molecular formula is C19H23ClN4O. The lowest BCUT2D eigenvalue weighted by molar-refractivity contribution is -0.117. The minimum atomic E-state index is -0.0463. The Morgan fingerprint density at radius 1 is 1.16 bits per heavy atom. The van der Waals surface area contributed by atoms with E-state index in [1.807, 2.05) is 0 Å². The van der Waals surface area contributed by atoms with Gasteiger partial charge in [-0.1, -0.05) is 23.7 Å². The monoisotopic (exact) mass is 358 g/mol. The van der Waals surface area contributed by atoms with Crippen molar-refractivity contribution in [1.29, 1.82) is 0 Å². The molecule has 6 heteroatoms. The number of aryl methyl sites for hydroxylation is 1. The first kappa shape index (κ1) is 17.7. The van der Waals surface area contributed by atoms with Crippen LogP contribution >= 0.6 is 11.6 Å². The normalized spacial score (nSPS) is 15.2. The standard InChI is InChI=1S/C19H23ClN4O/c1-14-4-3-5-17(15(14)2)24-10-8-23(9-11-24)13-19(25)22-18-7-6-16(20)12-21-18/h3-7,12H,8-11,13H2,1-2H3,(H,21,22,25). The van der Waals surface area contributed by atoms with E-state index in [2.05, 4.69) is 52.1 Å². The third kappa shape index (κ3) is 4.50. The zero-order valence-electron chi connectivity index (χ0n) is 14.6. The Hall–Kier alpha value is -2.11. The van der Waals surface area contributed by atoms with Crippen LogP contribution in [0.4, 0.5) is 11.5 Å². The Balaban J connectivity index is 1.51. The molecule has 1 aromatic carbocycles. The number of piperazine rings is 1. The molecule has 0 radical (unpaired) electrons. The van der Waals surface area contributed by atoms with Crippen LogP contribution in [0.25, 0.3) is 0 Å². The topological polar surface area (TPSA) is 48.5 Å². The largest absolute Gasteiger partial charge is 0.369 e. The second-order valence-electron chi connectivity index (χ2n) is 6.39. The summed E-state index contributed by atoms with van der Waals surface area (Å²) in [5.74, 6) is 0.485. The van der Waals surface area contributed by atoms with Crippen molar-refractivity contribution in [2.75, 3.05) is 42.9 Å². The van der Waals surface area contributed by atoms with E-state index in [4.69, 9.17) is 11.6 Å². The number of rotatable bonds is 4. The van der Waals surface area contributed by atoms with Crippen molar-refractivity contribution in [3.63, 3.8) is 0 Å². The Morgan fingerprint density at radius 2 is 1.92 bits per heavy atom. The molecule has 0 spiro atoms. The van der Waals surface area contributed by atoms with Crippen molar-refractivity contribution in [2.24, 2.45) is 0 Å². The Labute approximate surface area is 153 Å². The van der Waals surface area contributed by atoms with Crippen LogP contribution in [0.5, 0.6) is 0 Å². The highest BCUT2D eigenvalue weighted by Crippen LogP contribution is 2.23. The van der Waals surface area contributed by atoms with Gasteiger partial charge in [-0.25, -0.2) is 4.98 Å². The van der Waals surface area contributed by atoms with Gasteiger partial charge in [0.15, 0.2) is 0 Å². The Kier molecular flexibility index (Phi) is 5.56. The van der Waals surface area contributed by atoms with Gasteiger partial charge < -0.3 is 10.2 Å². The van der Waals surface area contributed by atoms with E-state index in [0.29, 0.717) is 17.4 Å². The van der Waals surface area contributed by atoms with Crippen LogP contribution in [0.1, 0.15) is 11.1 Å². The number of hydrogen-bond donors (Lipinski definition) is 1. The molecule has 0 saturated carbocycles. The second kappa shape index (κ2) is 7.85. The average molecular weight is 359 g/mol. The van der Waals surface area contributed by atoms with E-state index in [1.54, 1.807) is 12.1 Å². The van der Waals surface area contributed by atoms with Gasteiger partial charge in [0.1, 0.15) is 5.82 Å². The third-order valence-corrected chi connectivity index (χ3v) is 4.87. The van der Waals surface area contributed by atoms with E-state index in [9.17, 15) is 4.79 Å². The predicted octanol–water partition coefficient (Wildman–Crippen LogP) is 3.11. The maximum absolute atomic E-state index is 12.2. The van der Waals surface area contributed by atoms with Gasteiger partial charge in [-0.2, -0.15) is 0 Å². The Morgan fingerprint density at radius 3 is 2.60 bits per heavy atom. The fourth-order valence-electron chi connectivity index (χ4n) is 3.06. The number of halogens is 1. The summed E-state index contributed by atoms with van der Waals surface area (Å²) in [6.45, 7) is 8.29. The fraction of sp³-hybridized carbons (Fsp3) is 0.368. The van der Waals surface area contributed by atoms with Gasteiger partial charge in [-0.3, -0.25) is 9.69 Å². The highest BCUT2D eigenvalue weighted by atomic mass is 35.5. The number of anilines is 2. The summed E-state index contributed by atoms with van der Waals surface area (Å²) >= 11 is 5.80. The molecule has 1 amide bonds. The van der Waals surface area contributed by atoms with Gasteiger partial charge in [0, 0.05) is 38.1 Å². The van der Waals surface area contributed by atoms with Crippen LogP contribution in [0.3, 0.4) is 0 Å². The number of pyridine rings is 1. The van der Waals surface area contributed by atoms with Crippen LogP contribution in [-0.4, -0.2) is 48.5 Å². The molecule has 25 heavy (non-hydrogen) atoms. The van der Waals surface area contributed by atoms with E-state index in [1.165, 1.54) is 23.0 Å². The second-order valence-corrected chi connectivity index (χ2v) is 6.83. The molecule has 1 aromatic heterocycles. The molecule has 0 unspecified atom stereocenters. The van der Waals surface area contributed by atoms with Gasteiger partial charge in [0.2, 0.25) is 5.91 Å². The summed E-state index contributed by atoms with van der Waals surface area (Å²) in [7, 11) is 0. The minimum absolute atomic E-state index is 0.0463. The van der Waals surface area contributed by atoms with Crippen LogP contribution in [-0.2, 0) is 4.79 Å². The van der Waals surface area contributed by atoms with Gasteiger partial charge >= 0.3 is 0 Å². The van der Waals surface area contributed by atoms with Crippen molar-refractivity contribution in [2.45, 2.75) is 13.8 Å². The number of nitrogens with one attached hydrogen (secondary N) is 1. The first-order valence-corrected chi connectivity index (χ1v) is 8.85. The molecule has 2 aromatic rings. The van der Waals surface area contributed by atoms with Crippen molar-refractivity contribution in [3.05, 3.63) is 52.7 Å². The lowest BCUT2D eigenvalue weighted by atomic mass is 10.1. The SMILES string of the molecule is Cc1cccc(N2CCN(CC(=O)Nc3ccc(Cl)cn3)CC2)c1C. The van der Waals surface area contributed by atoms with Crippen molar-refractivity contribution in [1.82, 2.24) is 9.88 Å². The molecule has 1 fully saturated rings. The number of nitrogens with zero attached hydrogens (tertiary/aromatic N) is 3. The summed E-state index contributed by atoms with van der Waals surface area (Å²) in [5, 5.41) is 3.37. The number of benzene rings is 1. The zero-order valence-corrected chi connectivity index (χ0v) is 15.4. The van der Waals surface area contributed by atoms with Gasteiger partial charge in [0.05, 0.1) is 11.6 Å². The molecule has 5 nitrogen and oxygen atoms in total. The van der Waals surface area contributed by atoms with Gasteiger partial charge in [-0.05, 0) is 43.2 Å². The van der Waals surface area contributed by atoms with Crippen molar-refractivity contribution in [3.8, 4) is 0 Å². The molecule has 3 rings (SSSR count). The van der Waals surface area contributed by atoms with E-state index in [-0.39, 0.29) is 5.91 Å². The smallest absolute Gasteiger partial charge is 0.239 e. The van der Waals surface area contributed by atoms with E-state index < -0.39 is 0 Å². The molecule has 0 bridgehead atoms. The number of amides is 1.